The van der Waals surface area contributed by atoms with E-state index in [9.17, 15) is 5.11 Å². The highest BCUT2D eigenvalue weighted by Gasteiger charge is 2.00. The molecule has 0 fully saturated rings. The number of aliphatic hydroxyl groups excluding tert-OH is 1. The summed E-state index contributed by atoms with van der Waals surface area (Å²) in [5.74, 6) is 0.540. The van der Waals surface area contributed by atoms with E-state index in [1.54, 1.807) is 0 Å². The maximum Gasteiger partial charge on any atom is 0.0885 e. The van der Waals surface area contributed by atoms with Gasteiger partial charge in [0.2, 0.25) is 0 Å². The van der Waals surface area contributed by atoms with Crippen molar-refractivity contribution in [1.82, 2.24) is 0 Å². The summed E-state index contributed by atoms with van der Waals surface area (Å²) in [4.78, 5) is 0. The second kappa shape index (κ2) is 5.63. The summed E-state index contributed by atoms with van der Waals surface area (Å²) in [6, 6.07) is 0. The summed E-state index contributed by atoms with van der Waals surface area (Å²) in [7, 11) is 0. The van der Waals surface area contributed by atoms with Crippen molar-refractivity contribution in [2.75, 3.05) is 0 Å². The van der Waals surface area contributed by atoms with E-state index in [2.05, 4.69) is 18.2 Å². The molecule has 0 saturated carbocycles. The van der Waals surface area contributed by atoms with Crippen LogP contribution in [0.3, 0.4) is 0 Å². The first-order valence-corrected chi connectivity index (χ1v) is 5.05. The van der Waals surface area contributed by atoms with Crippen molar-refractivity contribution in [3.8, 4) is 0 Å². The summed E-state index contributed by atoms with van der Waals surface area (Å²) in [5.41, 5.74) is 1.46. The number of aliphatic hydroxyl groups is 1. The molecule has 1 N–H and O–H groups in total. The van der Waals surface area contributed by atoms with Gasteiger partial charge in [0.1, 0.15) is 0 Å². The van der Waals surface area contributed by atoms with Gasteiger partial charge in [0.25, 0.3) is 0 Å². The van der Waals surface area contributed by atoms with Gasteiger partial charge in [-0.2, -0.15) is 0 Å². The van der Waals surface area contributed by atoms with Gasteiger partial charge >= 0.3 is 0 Å². The fraction of sp³-hybridized carbons (Fsp3) is 0.500. The molecule has 0 amide bonds. The highest BCUT2D eigenvalue weighted by molar-refractivity contribution is 5.18. The minimum absolute atomic E-state index is 0.540. The average Bonchev–Trinajstić information content (AvgIpc) is 2.17. The van der Waals surface area contributed by atoms with E-state index in [1.165, 1.54) is 5.57 Å². The minimum Gasteiger partial charge on any atom is -0.513 e. The van der Waals surface area contributed by atoms with Crippen LogP contribution >= 0.6 is 0 Å². The Balaban J connectivity index is 2.29. The molecule has 1 aliphatic carbocycles. The smallest absolute Gasteiger partial charge is 0.0885 e. The lowest BCUT2D eigenvalue weighted by molar-refractivity contribution is 0.385. The van der Waals surface area contributed by atoms with Crippen LogP contribution in [0.5, 0.6) is 0 Å². The van der Waals surface area contributed by atoms with E-state index >= 15 is 0 Å². The van der Waals surface area contributed by atoms with Crippen LogP contribution in [0, 0.1) is 0 Å². The van der Waals surface area contributed by atoms with Gasteiger partial charge in [-0.3, -0.25) is 0 Å². The first kappa shape index (κ1) is 10.1. The topological polar surface area (TPSA) is 20.2 Å². The highest BCUT2D eigenvalue weighted by Crippen LogP contribution is 2.18. The molecule has 0 heterocycles. The van der Waals surface area contributed by atoms with Gasteiger partial charge in [-0.05, 0) is 31.8 Å². The van der Waals surface area contributed by atoms with Gasteiger partial charge < -0.3 is 5.11 Å². The summed E-state index contributed by atoms with van der Waals surface area (Å²) in [6.45, 7) is 2.04. The molecule has 0 aliphatic heterocycles. The predicted octanol–water partition coefficient (Wildman–Crippen LogP) is 3.89. The van der Waals surface area contributed by atoms with Crippen LogP contribution < -0.4 is 0 Å². The van der Waals surface area contributed by atoms with E-state index < -0.39 is 0 Å². The van der Waals surface area contributed by atoms with Gasteiger partial charge in [-0.15, -0.1) is 0 Å². The molecular formula is C12H18O. The molecule has 0 aromatic heterocycles. The summed E-state index contributed by atoms with van der Waals surface area (Å²) < 4.78 is 0. The Kier molecular flexibility index (Phi) is 4.37. The third-order valence-electron chi connectivity index (χ3n) is 2.24. The van der Waals surface area contributed by atoms with Crippen LogP contribution in [-0.4, -0.2) is 5.11 Å². The Bertz CT molecular complexity index is 234. The SMILES string of the molecule is CC/C=C(/O)CCC1=CC=CCC1. The largest absolute Gasteiger partial charge is 0.513 e. The fourth-order valence-electron chi connectivity index (χ4n) is 1.49. The number of allylic oxidation sites excluding steroid dienone is 6. The van der Waals surface area contributed by atoms with Crippen LogP contribution in [-0.2, 0) is 0 Å². The van der Waals surface area contributed by atoms with E-state index in [-0.39, 0.29) is 0 Å². The van der Waals surface area contributed by atoms with Crippen molar-refractivity contribution >= 4 is 0 Å². The Labute approximate surface area is 80.5 Å². The molecule has 0 spiro atoms. The number of hydrogen-bond donors (Lipinski definition) is 1. The molecule has 1 aliphatic rings. The van der Waals surface area contributed by atoms with Crippen molar-refractivity contribution in [3.05, 3.63) is 35.6 Å². The fourth-order valence-corrected chi connectivity index (χ4v) is 1.49. The first-order valence-electron chi connectivity index (χ1n) is 5.05. The zero-order valence-corrected chi connectivity index (χ0v) is 8.29. The Morgan fingerprint density at radius 3 is 3.08 bits per heavy atom. The lowest BCUT2D eigenvalue weighted by Gasteiger charge is -2.07. The summed E-state index contributed by atoms with van der Waals surface area (Å²) >= 11 is 0. The number of hydrogen-bond acceptors (Lipinski definition) is 1. The van der Waals surface area contributed by atoms with Crippen LogP contribution in [0.2, 0.25) is 0 Å². The van der Waals surface area contributed by atoms with Crippen molar-refractivity contribution in [2.45, 2.75) is 39.0 Å². The maximum atomic E-state index is 9.40. The lowest BCUT2D eigenvalue weighted by atomic mass is 10.00. The number of rotatable bonds is 4. The molecule has 1 heteroatoms. The molecule has 0 aromatic rings. The average molecular weight is 178 g/mol. The second-order valence-corrected chi connectivity index (χ2v) is 3.40. The van der Waals surface area contributed by atoms with E-state index in [1.807, 2.05) is 13.0 Å². The molecule has 1 rings (SSSR count). The molecule has 0 saturated heterocycles. The molecule has 13 heavy (non-hydrogen) atoms. The predicted molar refractivity (Wildman–Crippen MR) is 56.7 cm³/mol. The quantitative estimate of drug-likeness (QED) is 0.647. The van der Waals surface area contributed by atoms with E-state index in [4.69, 9.17) is 0 Å². The monoisotopic (exact) mass is 178 g/mol. The molecule has 0 atom stereocenters. The Morgan fingerprint density at radius 1 is 1.62 bits per heavy atom. The first-order chi connectivity index (χ1) is 6.33. The third kappa shape index (κ3) is 3.97. The van der Waals surface area contributed by atoms with Crippen LogP contribution in [0.1, 0.15) is 39.0 Å². The van der Waals surface area contributed by atoms with Gasteiger partial charge in [0, 0.05) is 6.42 Å². The zero-order valence-electron chi connectivity index (χ0n) is 8.29. The van der Waals surface area contributed by atoms with Crippen LogP contribution in [0.15, 0.2) is 35.6 Å². The maximum absolute atomic E-state index is 9.40. The van der Waals surface area contributed by atoms with Crippen molar-refractivity contribution < 1.29 is 5.11 Å². The summed E-state index contributed by atoms with van der Waals surface area (Å²) in [6.07, 6.45) is 13.4. The molecule has 72 valence electrons. The summed E-state index contributed by atoms with van der Waals surface area (Å²) in [5, 5.41) is 9.40. The zero-order chi connectivity index (χ0) is 9.52. The minimum atomic E-state index is 0.540. The molecule has 0 aromatic carbocycles. The Morgan fingerprint density at radius 2 is 2.46 bits per heavy atom. The van der Waals surface area contributed by atoms with Crippen LogP contribution in [0.25, 0.3) is 0 Å². The molecule has 0 bridgehead atoms. The van der Waals surface area contributed by atoms with Crippen molar-refractivity contribution in [2.24, 2.45) is 0 Å². The Hall–Kier alpha value is -0.980. The van der Waals surface area contributed by atoms with Crippen LogP contribution in [0.4, 0.5) is 0 Å². The standard InChI is InChI=1S/C12H18O/c1-2-6-12(13)10-9-11-7-4-3-5-8-11/h3-4,6-7,13H,2,5,8-10H2,1H3/b12-6+. The second-order valence-electron chi connectivity index (χ2n) is 3.40. The molecule has 1 nitrogen and oxygen atoms in total. The van der Waals surface area contributed by atoms with E-state index in [0.717, 1.165) is 32.1 Å². The molecule has 0 unspecified atom stereocenters. The van der Waals surface area contributed by atoms with Gasteiger partial charge in [0.15, 0.2) is 0 Å². The van der Waals surface area contributed by atoms with Gasteiger partial charge in [-0.1, -0.05) is 30.7 Å². The van der Waals surface area contributed by atoms with Gasteiger partial charge in [-0.25, -0.2) is 0 Å². The van der Waals surface area contributed by atoms with Gasteiger partial charge in [0.05, 0.1) is 5.76 Å². The highest BCUT2D eigenvalue weighted by atomic mass is 16.3. The van der Waals surface area contributed by atoms with Crippen molar-refractivity contribution in [3.63, 3.8) is 0 Å². The normalized spacial score (nSPS) is 17.3. The molecular weight excluding hydrogens is 160 g/mol. The third-order valence-corrected chi connectivity index (χ3v) is 2.24. The van der Waals surface area contributed by atoms with E-state index in [0.29, 0.717) is 5.76 Å². The molecule has 0 radical (unpaired) electrons. The lowest BCUT2D eigenvalue weighted by Crippen LogP contribution is -1.89. The van der Waals surface area contributed by atoms with Crippen molar-refractivity contribution in [1.29, 1.82) is 0 Å².